The minimum absolute atomic E-state index is 0.218. The molecule has 0 aliphatic carbocycles. The van der Waals surface area contributed by atoms with E-state index in [4.69, 9.17) is 11.2 Å². The molecule has 1 rings (SSSR count). The van der Waals surface area contributed by atoms with Crippen LogP contribution in [0.4, 0.5) is 5.69 Å². The van der Waals surface area contributed by atoms with Gasteiger partial charge in [0.1, 0.15) is 24.8 Å². The summed E-state index contributed by atoms with van der Waals surface area (Å²) in [5.41, 5.74) is 0.711. The van der Waals surface area contributed by atoms with Gasteiger partial charge in [-0.2, -0.15) is 0 Å². The standard InChI is InChI=1S/C13H17NO3/c1-4-9-17-13-7-5-12(6-8-13)14(10(2)15)11(3)16/h1,5-8,10-11,15-16H,9H2,2-3H3. The molecule has 0 aliphatic heterocycles. The third kappa shape index (κ3) is 3.66. The summed E-state index contributed by atoms with van der Waals surface area (Å²) in [5.74, 6) is 3.03. The van der Waals surface area contributed by atoms with Gasteiger partial charge in [-0.3, -0.25) is 0 Å². The van der Waals surface area contributed by atoms with Gasteiger partial charge >= 0.3 is 0 Å². The van der Waals surface area contributed by atoms with Crippen LogP contribution in [-0.4, -0.2) is 29.3 Å². The molecule has 0 saturated carbocycles. The molecule has 0 bridgehead atoms. The Morgan fingerprint density at radius 2 is 1.76 bits per heavy atom. The Bertz CT molecular complexity index is 371. The highest BCUT2D eigenvalue weighted by Crippen LogP contribution is 2.22. The van der Waals surface area contributed by atoms with Gasteiger partial charge in [0.25, 0.3) is 0 Å². The highest BCUT2D eigenvalue weighted by atomic mass is 16.5. The number of aliphatic hydroxyl groups excluding tert-OH is 2. The molecule has 1 aromatic carbocycles. The van der Waals surface area contributed by atoms with E-state index in [9.17, 15) is 10.2 Å². The summed E-state index contributed by atoms with van der Waals surface area (Å²) in [4.78, 5) is 1.48. The zero-order valence-corrected chi connectivity index (χ0v) is 10.00. The lowest BCUT2D eigenvalue weighted by atomic mass is 10.2. The third-order valence-electron chi connectivity index (χ3n) is 2.26. The molecule has 1 aromatic rings. The molecule has 0 radical (unpaired) electrons. The number of hydrogen-bond acceptors (Lipinski definition) is 4. The summed E-state index contributed by atoms with van der Waals surface area (Å²) in [5, 5.41) is 19.1. The molecule has 0 aromatic heterocycles. The van der Waals surface area contributed by atoms with Gasteiger partial charge in [0.15, 0.2) is 0 Å². The Morgan fingerprint density at radius 1 is 1.24 bits per heavy atom. The second kappa shape index (κ2) is 6.14. The highest BCUT2D eigenvalue weighted by molar-refractivity contribution is 5.49. The van der Waals surface area contributed by atoms with Crippen LogP contribution in [-0.2, 0) is 0 Å². The molecule has 92 valence electrons. The van der Waals surface area contributed by atoms with Gasteiger partial charge in [-0.15, -0.1) is 6.42 Å². The second-order valence-electron chi connectivity index (χ2n) is 3.66. The Balaban J connectivity index is 2.82. The summed E-state index contributed by atoms with van der Waals surface area (Å²) >= 11 is 0. The van der Waals surface area contributed by atoms with Crippen LogP contribution in [0.3, 0.4) is 0 Å². The normalized spacial score (nSPS) is 13.6. The molecule has 4 heteroatoms. The van der Waals surface area contributed by atoms with Crippen LogP contribution in [0.2, 0.25) is 0 Å². The average Bonchev–Trinajstić information content (AvgIpc) is 2.27. The molecule has 0 heterocycles. The first kappa shape index (κ1) is 13.4. The number of terminal acetylenes is 1. The third-order valence-corrected chi connectivity index (χ3v) is 2.26. The van der Waals surface area contributed by atoms with Gasteiger partial charge in [0.05, 0.1) is 0 Å². The average molecular weight is 235 g/mol. The minimum atomic E-state index is -0.771. The van der Waals surface area contributed by atoms with Crippen LogP contribution < -0.4 is 9.64 Å². The summed E-state index contributed by atoms with van der Waals surface area (Å²) in [7, 11) is 0. The number of benzene rings is 1. The molecule has 0 saturated heterocycles. The van der Waals surface area contributed by atoms with Gasteiger partial charge in [0, 0.05) is 5.69 Å². The van der Waals surface area contributed by atoms with Crippen molar-refractivity contribution in [3.8, 4) is 18.1 Å². The molecule has 0 aliphatic rings. The monoisotopic (exact) mass is 235 g/mol. The van der Waals surface area contributed by atoms with Crippen LogP contribution >= 0.6 is 0 Å². The maximum atomic E-state index is 9.55. The first-order chi connectivity index (χ1) is 8.06. The molecule has 2 N–H and O–H groups in total. The van der Waals surface area contributed by atoms with Crippen LogP contribution in [0.5, 0.6) is 5.75 Å². The van der Waals surface area contributed by atoms with Crippen molar-refractivity contribution in [1.82, 2.24) is 0 Å². The van der Waals surface area contributed by atoms with Crippen LogP contribution in [0, 0.1) is 12.3 Å². The van der Waals surface area contributed by atoms with Crippen LogP contribution in [0.25, 0.3) is 0 Å². The van der Waals surface area contributed by atoms with Crippen molar-refractivity contribution in [3.63, 3.8) is 0 Å². The van der Waals surface area contributed by atoms with Crippen molar-refractivity contribution in [2.24, 2.45) is 0 Å². The summed E-state index contributed by atoms with van der Waals surface area (Å²) in [6.45, 7) is 3.40. The SMILES string of the molecule is C#CCOc1ccc(N(C(C)O)C(C)O)cc1. The van der Waals surface area contributed by atoms with Gasteiger partial charge in [0.2, 0.25) is 0 Å². The molecule has 0 amide bonds. The van der Waals surface area contributed by atoms with Crippen LogP contribution in [0.15, 0.2) is 24.3 Å². The minimum Gasteiger partial charge on any atom is -0.481 e. The zero-order chi connectivity index (χ0) is 12.8. The lowest BCUT2D eigenvalue weighted by Crippen LogP contribution is -2.40. The Labute approximate surface area is 101 Å². The predicted octanol–water partition coefficient (Wildman–Crippen LogP) is 1.18. The maximum absolute atomic E-state index is 9.55. The molecule has 0 spiro atoms. The maximum Gasteiger partial charge on any atom is 0.148 e. The lowest BCUT2D eigenvalue weighted by molar-refractivity contribution is 0.105. The van der Waals surface area contributed by atoms with Crippen molar-refractivity contribution < 1.29 is 14.9 Å². The van der Waals surface area contributed by atoms with E-state index >= 15 is 0 Å². The molecule has 2 atom stereocenters. The number of aliphatic hydroxyl groups is 2. The van der Waals surface area contributed by atoms with Crippen molar-refractivity contribution in [3.05, 3.63) is 24.3 Å². The van der Waals surface area contributed by atoms with E-state index in [-0.39, 0.29) is 6.61 Å². The number of rotatable bonds is 5. The van der Waals surface area contributed by atoms with E-state index in [1.807, 2.05) is 0 Å². The predicted molar refractivity (Wildman–Crippen MR) is 66.6 cm³/mol. The Hall–Kier alpha value is -1.70. The molecular weight excluding hydrogens is 218 g/mol. The number of nitrogens with zero attached hydrogens (tertiary/aromatic N) is 1. The summed E-state index contributed by atoms with van der Waals surface area (Å²) in [6.07, 6.45) is 3.54. The van der Waals surface area contributed by atoms with Gasteiger partial charge < -0.3 is 19.8 Å². The number of hydrogen-bond donors (Lipinski definition) is 2. The molecule has 17 heavy (non-hydrogen) atoms. The van der Waals surface area contributed by atoms with E-state index < -0.39 is 12.5 Å². The molecular formula is C13H17NO3. The first-order valence-corrected chi connectivity index (χ1v) is 5.37. The molecule has 0 fully saturated rings. The van der Waals surface area contributed by atoms with E-state index in [1.54, 1.807) is 38.1 Å². The largest absolute Gasteiger partial charge is 0.481 e. The van der Waals surface area contributed by atoms with Crippen molar-refractivity contribution in [2.75, 3.05) is 11.5 Å². The lowest BCUT2D eigenvalue weighted by Gasteiger charge is -2.30. The molecule has 4 nitrogen and oxygen atoms in total. The second-order valence-corrected chi connectivity index (χ2v) is 3.66. The van der Waals surface area contributed by atoms with Crippen molar-refractivity contribution in [1.29, 1.82) is 0 Å². The Kier molecular flexibility index (Phi) is 4.83. The summed E-state index contributed by atoms with van der Waals surface area (Å²) in [6, 6.07) is 6.99. The van der Waals surface area contributed by atoms with E-state index in [0.29, 0.717) is 11.4 Å². The van der Waals surface area contributed by atoms with E-state index in [1.165, 1.54) is 4.90 Å². The quantitative estimate of drug-likeness (QED) is 0.594. The molecule has 2 unspecified atom stereocenters. The van der Waals surface area contributed by atoms with Crippen molar-refractivity contribution in [2.45, 2.75) is 26.3 Å². The number of ether oxygens (including phenoxy) is 1. The first-order valence-electron chi connectivity index (χ1n) is 5.37. The highest BCUT2D eigenvalue weighted by Gasteiger charge is 2.16. The van der Waals surface area contributed by atoms with Gasteiger partial charge in [-0.25, -0.2) is 0 Å². The fourth-order valence-corrected chi connectivity index (χ4v) is 1.58. The fourth-order valence-electron chi connectivity index (χ4n) is 1.58. The zero-order valence-electron chi connectivity index (χ0n) is 10.00. The van der Waals surface area contributed by atoms with Gasteiger partial charge in [-0.05, 0) is 38.1 Å². The van der Waals surface area contributed by atoms with E-state index in [2.05, 4.69) is 5.92 Å². The van der Waals surface area contributed by atoms with Gasteiger partial charge in [-0.1, -0.05) is 5.92 Å². The van der Waals surface area contributed by atoms with Crippen molar-refractivity contribution >= 4 is 5.69 Å². The fraction of sp³-hybridized carbons (Fsp3) is 0.385. The van der Waals surface area contributed by atoms with E-state index in [0.717, 1.165) is 0 Å². The topological polar surface area (TPSA) is 52.9 Å². The Morgan fingerprint density at radius 3 is 2.18 bits per heavy atom. The number of anilines is 1. The van der Waals surface area contributed by atoms with Crippen LogP contribution in [0.1, 0.15) is 13.8 Å². The smallest absolute Gasteiger partial charge is 0.148 e. The summed E-state index contributed by atoms with van der Waals surface area (Å²) < 4.78 is 5.23.